The van der Waals surface area contributed by atoms with Gasteiger partial charge in [0.25, 0.3) is 0 Å². The molecule has 0 aromatic rings. The van der Waals surface area contributed by atoms with Crippen LogP contribution < -0.4 is 0 Å². The lowest BCUT2D eigenvalue weighted by atomic mass is 9.84. The summed E-state index contributed by atoms with van der Waals surface area (Å²) >= 11 is 0. The Morgan fingerprint density at radius 1 is 0.571 bits per heavy atom. The van der Waals surface area contributed by atoms with Crippen LogP contribution in [0.5, 0.6) is 0 Å². The maximum atomic E-state index is 3.00. The zero-order chi connectivity index (χ0) is 20.3. The SMILES string of the molecule is CN(C)C1CCC([N+](=C2CCC(=[N+](C)C)CC2)C2CCC(N(C)C)CC2)CC1. The molecule has 0 saturated heterocycles. The Balaban J connectivity index is 1.76. The predicted molar refractivity (Wildman–Crippen MR) is 120 cm³/mol. The number of hydrogen-bond donors (Lipinski definition) is 0. The maximum absolute atomic E-state index is 3.00. The van der Waals surface area contributed by atoms with Gasteiger partial charge in [-0.15, -0.1) is 0 Å². The summed E-state index contributed by atoms with van der Waals surface area (Å²) in [6.45, 7) is 0. The van der Waals surface area contributed by atoms with Gasteiger partial charge in [-0.2, -0.15) is 0 Å². The molecule has 3 saturated carbocycles. The summed E-state index contributed by atoms with van der Waals surface area (Å²) in [5.74, 6) is 0. The first kappa shape index (κ1) is 22.0. The molecule has 0 aromatic heterocycles. The van der Waals surface area contributed by atoms with Gasteiger partial charge in [0, 0.05) is 63.5 Å². The molecule has 3 aliphatic carbocycles. The van der Waals surface area contributed by atoms with Gasteiger partial charge in [-0.05, 0) is 53.9 Å². The molecular formula is C24H46N4+2. The Hall–Kier alpha value is -0.740. The Labute approximate surface area is 174 Å². The highest BCUT2D eigenvalue weighted by Gasteiger charge is 2.39. The Bertz CT molecular complexity index is 527. The Morgan fingerprint density at radius 2 is 0.929 bits per heavy atom. The molecule has 0 atom stereocenters. The molecule has 0 bridgehead atoms. The van der Waals surface area contributed by atoms with Crippen LogP contribution in [-0.2, 0) is 0 Å². The molecule has 3 fully saturated rings. The molecule has 0 amide bonds. The van der Waals surface area contributed by atoms with E-state index in [1.807, 2.05) is 0 Å². The quantitative estimate of drug-likeness (QED) is 0.682. The van der Waals surface area contributed by atoms with Gasteiger partial charge in [-0.25, -0.2) is 9.15 Å². The zero-order valence-corrected chi connectivity index (χ0v) is 19.6. The summed E-state index contributed by atoms with van der Waals surface area (Å²) in [7, 11) is 13.5. The van der Waals surface area contributed by atoms with Gasteiger partial charge >= 0.3 is 0 Å². The molecule has 0 spiro atoms. The number of nitrogens with zero attached hydrogens (tertiary/aromatic N) is 4. The molecule has 160 valence electrons. The van der Waals surface area contributed by atoms with Crippen LogP contribution in [0.1, 0.15) is 77.0 Å². The molecule has 4 nitrogen and oxygen atoms in total. The Kier molecular flexibility index (Phi) is 7.72. The van der Waals surface area contributed by atoms with E-state index >= 15 is 0 Å². The third-order valence-corrected chi connectivity index (χ3v) is 7.98. The molecule has 4 heteroatoms. The lowest BCUT2D eigenvalue weighted by Gasteiger charge is -2.37. The van der Waals surface area contributed by atoms with Crippen LogP contribution in [0.4, 0.5) is 0 Å². The molecule has 3 rings (SSSR count). The zero-order valence-electron chi connectivity index (χ0n) is 19.6. The van der Waals surface area contributed by atoms with Crippen molar-refractivity contribution >= 4 is 11.4 Å². The minimum atomic E-state index is 0.799. The molecule has 28 heavy (non-hydrogen) atoms. The molecule has 0 aromatic carbocycles. The molecular weight excluding hydrogens is 344 g/mol. The normalized spacial score (nSPS) is 32.1. The van der Waals surface area contributed by atoms with Crippen LogP contribution in [0.2, 0.25) is 0 Å². The fourth-order valence-corrected chi connectivity index (χ4v) is 6.05. The maximum Gasteiger partial charge on any atom is 0.153 e. The summed E-state index contributed by atoms with van der Waals surface area (Å²) < 4.78 is 5.37. The van der Waals surface area contributed by atoms with Crippen LogP contribution in [0.25, 0.3) is 0 Å². The van der Waals surface area contributed by atoms with Crippen molar-refractivity contribution < 1.29 is 9.15 Å². The third kappa shape index (κ3) is 5.24. The smallest absolute Gasteiger partial charge is 0.153 e. The number of hydrogen-bond acceptors (Lipinski definition) is 2. The summed E-state index contributed by atoms with van der Waals surface area (Å²) in [6, 6.07) is 3.20. The first-order chi connectivity index (χ1) is 13.4. The molecule has 0 N–H and O–H groups in total. The van der Waals surface area contributed by atoms with Crippen LogP contribution in [-0.4, -0.2) is 96.8 Å². The van der Waals surface area contributed by atoms with Crippen molar-refractivity contribution in [3.63, 3.8) is 0 Å². The highest BCUT2D eigenvalue weighted by atomic mass is 15.1. The van der Waals surface area contributed by atoms with E-state index < -0.39 is 0 Å². The minimum Gasteiger partial charge on any atom is -0.306 e. The monoisotopic (exact) mass is 390 g/mol. The van der Waals surface area contributed by atoms with Crippen molar-refractivity contribution in [2.45, 2.75) is 101 Å². The van der Waals surface area contributed by atoms with Gasteiger partial charge in [-0.1, -0.05) is 0 Å². The van der Waals surface area contributed by atoms with Crippen LogP contribution in [0, 0.1) is 0 Å². The second kappa shape index (κ2) is 9.84. The summed E-state index contributed by atoms with van der Waals surface area (Å²) in [5, 5.41) is 0. The van der Waals surface area contributed by atoms with E-state index in [0.29, 0.717) is 0 Å². The Morgan fingerprint density at radius 3 is 1.25 bits per heavy atom. The fraction of sp³-hybridized carbons (Fsp3) is 0.917. The summed E-state index contributed by atoms with van der Waals surface area (Å²) in [5.41, 5.74) is 3.45. The number of rotatable bonds is 4. The second-order valence-corrected chi connectivity index (χ2v) is 10.3. The average molecular weight is 391 g/mol. The van der Waals surface area contributed by atoms with Gasteiger partial charge in [-0.3, -0.25) is 0 Å². The average Bonchev–Trinajstić information content (AvgIpc) is 2.69. The topological polar surface area (TPSA) is 12.5 Å². The van der Waals surface area contributed by atoms with Crippen LogP contribution >= 0.6 is 0 Å². The molecule has 3 aliphatic rings. The first-order valence-corrected chi connectivity index (χ1v) is 11.8. The van der Waals surface area contributed by atoms with Gasteiger partial charge in [0.15, 0.2) is 23.5 Å². The lowest BCUT2D eigenvalue weighted by Crippen LogP contribution is -2.47. The van der Waals surface area contributed by atoms with E-state index in [-0.39, 0.29) is 0 Å². The van der Waals surface area contributed by atoms with E-state index in [1.54, 1.807) is 11.4 Å². The van der Waals surface area contributed by atoms with Crippen molar-refractivity contribution in [3.8, 4) is 0 Å². The fourth-order valence-electron chi connectivity index (χ4n) is 6.05. The van der Waals surface area contributed by atoms with Crippen molar-refractivity contribution in [1.29, 1.82) is 0 Å². The largest absolute Gasteiger partial charge is 0.306 e. The van der Waals surface area contributed by atoms with Crippen molar-refractivity contribution in [2.24, 2.45) is 0 Å². The molecule has 0 aliphatic heterocycles. The second-order valence-electron chi connectivity index (χ2n) is 10.3. The van der Waals surface area contributed by atoms with E-state index in [9.17, 15) is 0 Å². The first-order valence-electron chi connectivity index (χ1n) is 11.8. The van der Waals surface area contributed by atoms with Crippen molar-refractivity contribution in [1.82, 2.24) is 9.80 Å². The highest BCUT2D eigenvalue weighted by Crippen LogP contribution is 2.31. The third-order valence-electron chi connectivity index (χ3n) is 7.98. The van der Waals surface area contributed by atoms with E-state index in [1.165, 1.54) is 77.0 Å². The van der Waals surface area contributed by atoms with E-state index in [4.69, 9.17) is 0 Å². The van der Waals surface area contributed by atoms with Gasteiger partial charge in [0.1, 0.15) is 14.1 Å². The highest BCUT2D eigenvalue weighted by molar-refractivity contribution is 5.94. The van der Waals surface area contributed by atoms with Crippen LogP contribution in [0.3, 0.4) is 0 Å². The minimum absolute atomic E-state index is 0.799. The summed E-state index contributed by atoms with van der Waals surface area (Å²) in [6.07, 6.45) is 16.2. The predicted octanol–water partition coefficient (Wildman–Crippen LogP) is 3.47. The lowest BCUT2D eigenvalue weighted by molar-refractivity contribution is -0.610. The standard InChI is InChI=1S/C24H46N4/c1-25(2)19-7-13-22(14-8-19)28(23-15-9-20(10-16-23)26(3)4)24-17-11-21(12-18-24)27(5)6/h19-20,22-23H,7-18H2,1-6H3/q+2. The summed E-state index contributed by atoms with van der Waals surface area (Å²) in [4.78, 5) is 4.91. The van der Waals surface area contributed by atoms with E-state index in [2.05, 4.69) is 61.2 Å². The van der Waals surface area contributed by atoms with Gasteiger partial charge in [0.2, 0.25) is 0 Å². The van der Waals surface area contributed by atoms with Crippen molar-refractivity contribution in [2.75, 3.05) is 42.3 Å². The van der Waals surface area contributed by atoms with E-state index in [0.717, 1.165) is 24.2 Å². The van der Waals surface area contributed by atoms with Gasteiger partial charge in [0.05, 0.1) is 0 Å². The van der Waals surface area contributed by atoms with Crippen LogP contribution in [0.15, 0.2) is 0 Å². The molecule has 0 radical (unpaired) electrons. The van der Waals surface area contributed by atoms with Crippen molar-refractivity contribution in [3.05, 3.63) is 0 Å². The molecule has 0 unspecified atom stereocenters. The molecule has 0 heterocycles. The van der Waals surface area contributed by atoms with Gasteiger partial charge < -0.3 is 9.80 Å².